The second kappa shape index (κ2) is 7.33. The van der Waals surface area contributed by atoms with Crippen LogP contribution in [0, 0.1) is 11.6 Å². The van der Waals surface area contributed by atoms with Crippen LogP contribution >= 0.6 is 0 Å². The maximum absolute atomic E-state index is 14.0. The summed E-state index contributed by atoms with van der Waals surface area (Å²) in [5.41, 5.74) is 1.48. The van der Waals surface area contributed by atoms with Crippen LogP contribution in [0.4, 0.5) is 17.6 Å². The normalized spacial score (nSPS) is 17.2. The van der Waals surface area contributed by atoms with E-state index in [0.29, 0.717) is 11.1 Å². The summed E-state index contributed by atoms with van der Waals surface area (Å²) in [6.07, 6.45) is -2.91. The first-order valence-corrected chi connectivity index (χ1v) is 8.73. The van der Waals surface area contributed by atoms with Gasteiger partial charge in [-0.3, -0.25) is 0 Å². The van der Waals surface area contributed by atoms with E-state index >= 15 is 0 Å². The Morgan fingerprint density at radius 2 is 1.78 bits per heavy atom. The lowest BCUT2D eigenvalue weighted by Gasteiger charge is -2.22. The van der Waals surface area contributed by atoms with Crippen molar-refractivity contribution in [3.63, 3.8) is 0 Å². The summed E-state index contributed by atoms with van der Waals surface area (Å²) in [6.45, 7) is 6.06. The standard InChI is InChI=1S/C21H21F4NO/c1-21(2,3)13-7-8-14(12(9-13)10-18(24)25)17-11-27-20(26-17)19-15(22)5-4-6-16(19)23/h4-9,17-18H,10-11H2,1-3H3. The Morgan fingerprint density at radius 3 is 2.37 bits per heavy atom. The number of nitrogens with zero attached hydrogens (tertiary/aromatic N) is 1. The van der Waals surface area contributed by atoms with Crippen molar-refractivity contribution in [2.75, 3.05) is 6.61 Å². The summed E-state index contributed by atoms with van der Waals surface area (Å²) < 4.78 is 59.5. The Hall–Kier alpha value is -2.37. The first-order chi connectivity index (χ1) is 12.7. The summed E-state index contributed by atoms with van der Waals surface area (Å²) in [7, 11) is 0. The highest BCUT2D eigenvalue weighted by molar-refractivity contribution is 5.95. The van der Waals surface area contributed by atoms with E-state index in [2.05, 4.69) is 4.99 Å². The molecule has 1 aliphatic rings. The monoisotopic (exact) mass is 379 g/mol. The molecule has 2 aromatic rings. The number of hydrogen-bond donors (Lipinski definition) is 0. The Labute approximate surface area is 155 Å². The first kappa shape index (κ1) is 19.4. The molecule has 0 radical (unpaired) electrons. The number of aliphatic imine (C=N–C) groups is 1. The van der Waals surface area contributed by atoms with Crippen molar-refractivity contribution in [3.05, 3.63) is 70.3 Å². The van der Waals surface area contributed by atoms with Gasteiger partial charge in [0.05, 0.1) is 0 Å². The Morgan fingerprint density at radius 1 is 1.11 bits per heavy atom. The third-order valence-corrected chi connectivity index (χ3v) is 4.57. The second-order valence-electron chi connectivity index (χ2n) is 7.62. The summed E-state index contributed by atoms with van der Waals surface area (Å²) in [5, 5.41) is 0. The lowest BCUT2D eigenvalue weighted by atomic mass is 9.84. The van der Waals surface area contributed by atoms with Crippen molar-refractivity contribution in [1.82, 2.24) is 0 Å². The molecule has 0 fully saturated rings. The van der Waals surface area contributed by atoms with Gasteiger partial charge in [0.25, 0.3) is 0 Å². The van der Waals surface area contributed by atoms with Gasteiger partial charge in [-0.05, 0) is 34.2 Å². The van der Waals surface area contributed by atoms with E-state index in [1.165, 1.54) is 6.07 Å². The molecule has 0 spiro atoms. The van der Waals surface area contributed by atoms with Gasteiger partial charge in [-0.15, -0.1) is 0 Å². The van der Waals surface area contributed by atoms with E-state index in [0.717, 1.165) is 17.7 Å². The number of alkyl halides is 2. The average Bonchev–Trinajstić information content (AvgIpc) is 3.02. The van der Waals surface area contributed by atoms with Crippen molar-refractivity contribution >= 4 is 5.90 Å². The first-order valence-electron chi connectivity index (χ1n) is 8.73. The van der Waals surface area contributed by atoms with Crippen LogP contribution in [-0.2, 0) is 16.6 Å². The molecule has 1 aliphatic heterocycles. The van der Waals surface area contributed by atoms with Crippen LogP contribution in [-0.4, -0.2) is 18.9 Å². The van der Waals surface area contributed by atoms with Gasteiger partial charge in [-0.2, -0.15) is 0 Å². The van der Waals surface area contributed by atoms with E-state index in [1.807, 2.05) is 26.8 Å². The molecule has 6 heteroatoms. The van der Waals surface area contributed by atoms with Crippen LogP contribution in [0.15, 0.2) is 41.4 Å². The van der Waals surface area contributed by atoms with Gasteiger partial charge in [0.2, 0.25) is 12.3 Å². The topological polar surface area (TPSA) is 21.6 Å². The predicted molar refractivity (Wildman–Crippen MR) is 96.4 cm³/mol. The zero-order valence-corrected chi connectivity index (χ0v) is 15.4. The number of hydrogen-bond acceptors (Lipinski definition) is 2. The third kappa shape index (κ3) is 4.15. The fourth-order valence-electron chi connectivity index (χ4n) is 3.11. The minimum Gasteiger partial charge on any atom is -0.475 e. The van der Waals surface area contributed by atoms with Crippen LogP contribution in [0.1, 0.15) is 49.1 Å². The molecule has 0 saturated carbocycles. The number of ether oxygens (including phenoxy) is 1. The second-order valence-corrected chi connectivity index (χ2v) is 7.62. The molecule has 27 heavy (non-hydrogen) atoms. The van der Waals surface area contributed by atoms with E-state index in [-0.39, 0.29) is 23.5 Å². The molecular formula is C21H21F4NO. The highest BCUT2D eigenvalue weighted by atomic mass is 19.3. The summed E-state index contributed by atoms with van der Waals surface area (Å²) in [5.74, 6) is -1.69. The molecule has 1 unspecified atom stereocenters. The van der Waals surface area contributed by atoms with Crippen LogP contribution in [0.25, 0.3) is 0 Å². The molecule has 2 aromatic carbocycles. The third-order valence-electron chi connectivity index (χ3n) is 4.57. The zero-order valence-electron chi connectivity index (χ0n) is 15.4. The van der Waals surface area contributed by atoms with Crippen LogP contribution < -0.4 is 0 Å². The van der Waals surface area contributed by atoms with Crippen LogP contribution in [0.3, 0.4) is 0 Å². The molecule has 0 aliphatic carbocycles. The molecule has 2 nitrogen and oxygen atoms in total. The molecule has 3 rings (SSSR count). The quantitative estimate of drug-likeness (QED) is 0.635. The van der Waals surface area contributed by atoms with Crippen LogP contribution in [0.2, 0.25) is 0 Å². The maximum atomic E-state index is 14.0. The molecule has 144 valence electrons. The van der Waals surface area contributed by atoms with Gasteiger partial charge in [0.15, 0.2) is 0 Å². The highest BCUT2D eigenvalue weighted by Crippen LogP contribution is 2.33. The Bertz CT molecular complexity index is 851. The fourth-order valence-corrected chi connectivity index (χ4v) is 3.11. The molecule has 1 heterocycles. The van der Waals surface area contributed by atoms with E-state index in [9.17, 15) is 17.6 Å². The van der Waals surface area contributed by atoms with Crippen LogP contribution in [0.5, 0.6) is 0 Å². The summed E-state index contributed by atoms with van der Waals surface area (Å²) in [6, 6.07) is 8.32. The van der Waals surface area contributed by atoms with E-state index in [1.54, 1.807) is 12.1 Å². The van der Waals surface area contributed by atoms with E-state index < -0.39 is 30.5 Å². The minimum atomic E-state index is -2.51. The Kier molecular flexibility index (Phi) is 5.27. The van der Waals surface area contributed by atoms with Gasteiger partial charge in [-0.25, -0.2) is 22.6 Å². The highest BCUT2D eigenvalue weighted by Gasteiger charge is 2.28. The predicted octanol–water partition coefficient (Wildman–Crippen LogP) is 5.59. The molecular weight excluding hydrogens is 358 g/mol. The van der Waals surface area contributed by atoms with E-state index in [4.69, 9.17) is 4.74 Å². The van der Waals surface area contributed by atoms with Gasteiger partial charge in [0, 0.05) is 6.42 Å². The Balaban J connectivity index is 2.00. The smallest absolute Gasteiger partial charge is 0.242 e. The lowest BCUT2D eigenvalue weighted by molar-refractivity contribution is 0.148. The molecule has 0 amide bonds. The zero-order chi connectivity index (χ0) is 19.8. The molecule has 0 bridgehead atoms. The lowest BCUT2D eigenvalue weighted by Crippen LogP contribution is -2.14. The number of benzene rings is 2. The van der Waals surface area contributed by atoms with Gasteiger partial charge in [0.1, 0.15) is 29.8 Å². The summed E-state index contributed by atoms with van der Waals surface area (Å²) >= 11 is 0. The fraction of sp³-hybridized carbons (Fsp3) is 0.381. The van der Waals surface area contributed by atoms with Gasteiger partial charge in [-0.1, -0.05) is 45.0 Å². The molecule has 0 saturated heterocycles. The minimum absolute atomic E-state index is 0.0498. The van der Waals surface area contributed by atoms with Crippen molar-refractivity contribution in [2.45, 2.75) is 45.1 Å². The van der Waals surface area contributed by atoms with Gasteiger partial charge >= 0.3 is 0 Å². The summed E-state index contributed by atoms with van der Waals surface area (Å²) in [4.78, 5) is 4.28. The van der Waals surface area contributed by atoms with Crippen molar-refractivity contribution in [2.24, 2.45) is 4.99 Å². The number of halogens is 4. The van der Waals surface area contributed by atoms with Crippen molar-refractivity contribution in [1.29, 1.82) is 0 Å². The maximum Gasteiger partial charge on any atom is 0.242 e. The average molecular weight is 379 g/mol. The number of rotatable bonds is 4. The van der Waals surface area contributed by atoms with Crippen molar-refractivity contribution < 1.29 is 22.3 Å². The molecule has 0 N–H and O–H groups in total. The SMILES string of the molecule is CC(C)(C)c1ccc(C2COC(c3c(F)cccc3F)=N2)c(CC(F)F)c1. The van der Waals surface area contributed by atoms with Gasteiger partial charge < -0.3 is 4.74 Å². The van der Waals surface area contributed by atoms with Crippen molar-refractivity contribution in [3.8, 4) is 0 Å². The molecule has 0 aromatic heterocycles. The molecule has 1 atom stereocenters. The largest absolute Gasteiger partial charge is 0.475 e.